The maximum atomic E-state index is 12.9. The molecule has 0 saturated carbocycles. The first-order valence-electron chi connectivity index (χ1n) is 5.59. The maximum absolute atomic E-state index is 12.9. The summed E-state index contributed by atoms with van der Waals surface area (Å²) in [7, 11) is 0. The molecule has 1 saturated heterocycles. The standard InChI is InChI=1S/C11H14FN3O4/c1-5-3-15(11(18)14-9(5)13)10-6(2-12)8(17)7(4-16)19-10/h2-3,7-8,10,16-17H,4H2,1H3,(H2,13,14,18)/t7-,8+,10-/m1/s1. The maximum Gasteiger partial charge on any atom is 0.351 e. The molecule has 0 amide bonds. The molecule has 0 spiro atoms. The first-order valence-corrected chi connectivity index (χ1v) is 5.59. The average molecular weight is 271 g/mol. The van der Waals surface area contributed by atoms with Gasteiger partial charge in [-0.05, 0) is 6.92 Å². The minimum atomic E-state index is -1.32. The fourth-order valence-corrected chi connectivity index (χ4v) is 1.91. The van der Waals surface area contributed by atoms with Gasteiger partial charge in [-0.2, -0.15) is 4.98 Å². The third-order valence-corrected chi connectivity index (χ3v) is 3.01. The van der Waals surface area contributed by atoms with Gasteiger partial charge in [0.25, 0.3) is 0 Å². The van der Waals surface area contributed by atoms with Crippen LogP contribution in [-0.4, -0.2) is 38.6 Å². The Balaban J connectivity index is 2.47. The molecule has 2 rings (SSSR count). The molecule has 1 fully saturated rings. The van der Waals surface area contributed by atoms with Gasteiger partial charge in [0.05, 0.1) is 12.9 Å². The average Bonchev–Trinajstić information content (AvgIpc) is 2.70. The number of hydrogen-bond donors (Lipinski definition) is 3. The number of nitrogen functional groups attached to an aromatic ring is 1. The highest BCUT2D eigenvalue weighted by Crippen LogP contribution is 2.33. The van der Waals surface area contributed by atoms with Crippen LogP contribution < -0.4 is 11.4 Å². The molecule has 0 radical (unpaired) electrons. The summed E-state index contributed by atoms with van der Waals surface area (Å²) in [5.41, 5.74) is 5.14. The summed E-state index contributed by atoms with van der Waals surface area (Å²) in [6.07, 6.45) is -1.91. The van der Waals surface area contributed by atoms with Crippen molar-refractivity contribution in [2.24, 2.45) is 0 Å². The number of ether oxygens (including phenoxy) is 1. The number of aliphatic hydroxyl groups is 2. The fraction of sp³-hybridized carbons (Fsp3) is 0.455. The Bertz CT molecular complexity index is 572. The normalized spacial score (nSPS) is 29.1. The second kappa shape index (κ2) is 5.08. The van der Waals surface area contributed by atoms with Crippen LogP contribution in [0.25, 0.3) is 0 Å². The zero-order valence-corrected chi connectivity index (χ0v) is 10.2. The van der Waals surface area contributed by atoms with Gasteiger partial charge in [-0.25, -0.2) is 9.18 Å². The number of halogens is 1. The number of aliphatic hydroxyl groups excluding tert-OH is 2. The molecule has 0 aromatic carbocycles. The van der Waals surface area contributed by atoms with Crippen LogP contribution in [0.1, 0.15) is 11.8 Å². The molecule has 7 nitrogen and oxygen atoms in total. The van der Waals surface area contributed by atoms with Crippen LogP contribution in [0.2, 0.25) is 0 Å². The molecule has 19 heavy (non-hydrogen) atoms. The molecule has 2 heterocycles. The van der Waals surface area contributed by atoms with Crippen molar-refractivity contribution in [3.63, 3.8) is 0 Å². The second-order valence-electron chi connectivity index (χ2n) is 4.26. The van der Waals surface area contributed by atoms with Crippen molar-refractivity contribution in [2.45, 2.75) is 25.4 Å². The molecular weight excluding hydrogens is 257 g/mol. The summed E-state index contributed by atoms with van der Waals surface area (Å²) >= 11 is 0. The molecule has 1 aromatic heterocycles. The van der Waals surface area contributed by atoms with Crippen LogP contribution in [0.4, 0.5) is 10.2 Å². The predicted molar refractivity (Wildman–Crippen MR) is 63.8 cm³/mol. The Morgan fingerprint density at radius 2 is 2.37 bits per heavy atom. The molecule has 1 aliphatic rings. The molecule has 1 aliphatic heterocycles. The highest BCUT2D eigenvalue weighted by atomic mass is 19.1. The van der Waals surface area contributed by atoms with Gasteiger partial charge in [0.1, 0.15) is 18.0 Å². The second-order valence-corrected chi connectivity index (χ2v) is 4.26. The smallest absolute Gasteiger partial charge is 0.351 e. The lowest BCUT2D eigenvalue weighted by molar-refractivity contribution is -0.0447. The Kier molecular flexibility index (Phi) is 3.65. The third kappa shape index (κ3) is 2.25. The molecule has 8 heteroatoms. The van der Waals surface area contributed by atoms with E-state index >= 15 is 0 Å². The molecular formula is C11H14FN3O4. The van der Waals surface area contributed by atoms with E-state index in [0.29, 0.717) is 5.56 Å². The Labute approximate surface area is 107 Å². The van der Waals surface area contributed by atoms with Crippen LogP contribution in [0.3, 0.4) is 0 Å². The lowest BCUT2D eigenvalue weighted by atomic mass is 10.1. The first-order chi connectivity index (χ1) is 8.99. The summed E-state index contributed by atoms with van der Waals surface area (Å²) in [5.74, 6) is 0.0734. The topological polar surface area (TPSA) is 111 Å². The van der Waals surface area contributed by atoms with Gasteiger partial charge in [0.15, 0.2) is 6.23 Å². The number of aromatic nitrogens is 2. The van der Waals surface area contributed by atoms with E-state index < -0.39 is 30.7 Å². The van der Waals surface area contributed by atoms with E-state index in [-0.39, 0.29) is 17.7 Å². The van der Waals surface area contributed by atoms with Crippen molar-refractivity contribution < 1.29 is 19.3 Å². The number of nitrogens with two attached hydrogens (primary N) is 1. The summed E-state index contributed by atoms with van der Waals surface area (Å²) in [5, 5.41) is 18.8. The van der Waals surface area contributed by atoms with Crippen LogP contribution in [0.5, 0.6) is 0 Å². The summed E-state index contributed by atoms with van der Waals surface area (Å²) in [6, 6.07) is 0. The quantitative estimate of drug-likeness (QED) is 0.652. The summed E-state index contributed by atoms with van der Waals surface area (Å²) < 4.78 is 19.1. The van der Waals surface area contributed by atoms with E-state index in [2.05, 4.69) is 4.98 Å². The number of aryl methyl sites for hydroxylation is 1. The Morgan fingerprint density at radius 1 is 1.68 bits per heavy atom. The van der Waals surface area contributed by atoms with Gasteiger partial charge >= 0.3 is 5.69 Å². The van der Waals surface area contributed by atoms with Crippen LogP contribution in [-0.2, 0) is 4.74 Å². The zero-order valence-electron chi connectivity index (χ0n) is 10.2. The third-order valence-electron chi connectivity index (χ3n) is 3.01. The van der Waals surface area contributed by atoms with Crippen molar-refractivity contribution in [1.29, 1.82) is 0 Å². The number of nitrogens with zero attached hydrogens (tertiary/aromatic N) is 2. The monoisotopic (exact) mass is 271 g/mol. The van der Waals surface area contributed by atoms with E-state index in [1.165, 1.54) is 6.20 Å². The predicted octanol–water partition coefficient (Wildman–Crippen LogP) is -0.762. The lowest BCUT2D eigenvalue weighted by Gasteiger charge is -2.15. The molecule has 1 aromatic rings. The fourth-order valence-electron chi connectivity index (χ4n) is 1.91. The van der Waals surface area contributed by atoms with E-state index in [1.807, 2.05) is 0 Å². The minimum absolute atomic E-state index is 0.0734. The number of rotatable bonds is 2. The Morgan fingerprint density at radius 3 is 2.95 bits per heavy atom. The Hall–Kier alpha value is -1.77. The molecule has 0 aliphatic carbocycles. The number of hydrogen-bond acceptors (Lipinski definition) is 6. The van der Waals surface area contributed by atoms with Gasteiger partial charge in [-0.15, -0.1) is 0 Å². The largest absolute Gasteiger partial charge is 0.394 e. The molecule has 4 N–H and O–H groups in total. The van der Waals surface area contributed by atoms with Crippen molar-refractivity contribution in [2.75, 3.05) is 12.3 Å². The van der Waals surface area contributed by atoms with E-state index in [4.69, 9.17) is 15.6 Å². The van der Waals surface area contributed by atoms with Crippen LogP contribution in [0, 0.1) is 6.92 Å². The van der Waals surface area contributed by atoms with Gasteiger partial charge in [-0.1, -0.05) is 0 Å². The SMILES string of the molecule is Cc1cn([C@@H]2O[C@H](CO)[C@@H](O)C2=CF)c(=O)nc1N. The van der Waals surface area contributed by atoms with Crippen molar-refractivity contribution >= 4 is 5.82 Å². The highest BCUT2D eigenvalue weighted by Gasteiger charge is 2.40. The highest BCUT2D eigenvalue weighted by molar-refractivity contribution is 5.35. The van der Waals surface area contributed by atoms with Crippen LogP contribution in [0.15, 0.2) is 22.9 Å². The summed E-state index contributed by atoms with van der Waals surface area (Å²) in [6.45, 7) is 1.14. The van der Waals surface area contributed by atoms with E-state index in [9.17, 15) is 14.3 Å². The van der Waals surface area contributed by atoms with E-state index in [1.54, 1.807) is 6.92 Å². The minimum Gasteiger partial charge on any atom is -0.394 e. The molecule has 0 bridgehead atoms. The molecule has 0 unspecified atom stereocenters. The lowest BCUT2D eigenvalue weighted by Crippen LogP contribution is -2.29. The van der Waals surface area contributed by atoms with Crippen LogP contribution >= 0.6 is 0 Å². The van der Waals surface area contributed by atoms with E-state index in [0.717, 1.165) is 4.57 Å². The number of anilines is 1. The molecule has 3 atom stereocenters. The van der Waals surface area contributed by atoms with Gasteiger partial charge in [0, 0.05) is 17.3 Å². The zero-order chi connectivity index (χ0) is 14.2. The van der Waals surface area contributed by atoms with Crippen molar-refractivity contribution in [1.82, 2.24) is 9.55 Å². The van der Waals surface area contributed by atoms with Gasteiger partial charge in [0.2, 0.25) is 0 Å². The first kappa shape index (κ1) is 13.7. The molecule has 104 valence electrons. The van der Waals surface area contributed by atoms with Gasteiger partial charge < -0.3 is 20.7 Å². The summed E-state index contributed by atoms with van der Waals surface area (Å²) in [4.78, 5) is 15.3. The van der Waals surface area contributed by atoms with Gasteiger partial charge in [-0.3, -0.25) is 4.57 Å². The van der Waals surface area contributed by atoms with Crippen molar-refractivity contribution in [3.8, 4) is 0 Å². The van der Waals surface area contributed by atoms with Crippen molar-refractivity contribution in [3.05, 3.63) is 34.1 Å².